The Morgan fingerprint density at radius 1 is 1.11 bits per heavy atom. The van der Waals surface area contributed by atoms with Gasteiger partial charge >= 0.3 is 0 Å². The quantitative estimate of drug-likeness (QED) is 0.321. The van der Waals surface area contributed by atoms with Gasteiger partial charge in [-0.15, -0.1) is 24.0 Å². The summed E-state index contributed by atoms with van der Waals surface area (Å²) in [6.07, 6.45) is 5.52. The van der Waals surface area contributed by atoms with E-state index in [0.29, 0.717) is 13.1 Å². The van der Waals surface area contributed by atoms with Crippen LogP contribution in [0.4, 0.5) is 0 Å². The summed E-state index contributed by atoms with van der Waals surface area (Å²) in [5, 5.41) is 7.28. The van der Waals surface area contributed by atoms with E-state index < -0.39 is 0 Å². The van der Waals surface area contributed by atoms with Gasteiger partial charge in [-0.2, -0.15) is 0 Å². The molecule has 0 aliphatic carbocycles. The van der Waals surface area contributed by atoms with Crippen molar-refractivity contribution in [3.8, 4) is 5.82 Å². The maximum Gasteiger partial charge on any atom is 0.191 e. The standard InChI is InChI=1S/C19H21ClN6.HI/c1-14-22-8-9-26(14)18-7-6-16(12-23-18)13-25-19(21-2)24-11-15-4-3-5-17(20)10-15;/h3-10,12H,11,13H2,1-2H3,(H2,21,24,25);1H. The van der Waals surface area contributed by atoms with Crippen LogP contribution >= 0.6 is 35.6 Å². The summed E-state index contributed by atoms with van der Waals surface area (Å²) in [6, 6.07) is 11.8. The van der Waals surface area contributed by atoms with Crippen LogP contribution in [0.15, 0.2) is 60.0 Å². The van der Waals surface area contributed by atoms with Crippen molar-refractivity contribution < 1.29 is 0 Å². The van der Waals surface area contributed by atoms with Crippen LogP contribution < -0.4 is 10.6 Å². The van der Waals surface area contributed by atoms with E-state index in [0.717, 1.165) is 33.8 Å². The SMILES string of the molecule is CN=C(NCc1ccc(-n2ccnc2C)nc1)NCc1cccc(Cl)c1.I. The van der Waals surface area contributed by atoms with Crippen molar-refractivity contribution in [3.63, 3.8) is 0 Å². The molecule has 2 N–H and O–H groups in total. The second-order valence-corrected chi connectivity index (χ2v) is 6.21. The lowest BCUT2D eigenvalue weighted by molar-refractivity contribution is 0.805. The molecule has 2 aromatic heterocycles. The van der Waals surface area contributed by atoms with Crippen LogP contribution in [0.25, 0.3) is 5.82 Å². The zero-order valence-corrected chi connectivity index (χ0v) is 18.3. The van der Waals surface area contributed by atoms with E-state index in [1.54, 1.807) is 13.2 Å². The topological polar surface area (TPSA) is 67.1 Å². The monoisotopic (exact) mass is 496 g/mol. The van der Waals surface area contributed by atoms with Gasteiger partial charge < -0.3 is 10.6 Å². The number of nitrogens with zero attached hydrogens (tertiary/aromatic N) is 4. The third-order valence-corrected chi connectivity index (χ3v) is 4.15. The Labute approximate surface area is 181 Å². The van der Waals surface area contributed by atoms with Crippen LogP contribution in [0.2, 0.25) is 5.02 Å². The molecule has 6 nitrogen and oxygen atoms in total. The predicted octanol–water partition coefficient (Wildman–Crippen LogP) is 3.71. The van der Waals surface area contributed by atoms with Crippen LogP contribution in [-0.2, 0) is 13.1 Å². The van der Waals surface area contributed by atoms with Crippen LogP contribution in [0.1, 0.15) is 17.0 Å². The maximum atomic E-state index is 6.01. The molecule has 0 radical (unpaired) electrons. The number of rotatable bonds is 5. The van der Waals surface area contributed by atoms with E-state index in [-0.39, 0.29) is 24.0 Å². The van der Waals surface area contributed by atoms with Crippen molar-refractivity contribution in [2.75, 3.05) is 7.05 Å². The molecule has 0 unspecified atom stereocenters. The Morgan fingerprint density at radius 3 is 2.48 bits per heavy atom. The number of aryl methyl sites for hydroxylation is 1. The smallest absolute Gasteiger partial charge is 0.191 e. The van der Waals surface area contributed by atoms with Crippen molar-refractivity contribution >= 4 is 41.5 Å². The number of pyridine rings is 1. The first-order chi connectivity index (χ1) is 12.7. The third-order valence-electron chi connectivity index (χ3n) is 3.91. The Morgan fingerprint density at radius 2 is 1.89 bits per heavy atom. The van der Waals surface area contributed by atoms with Crippen molar-refractivity contribution in [2.24, 2.45) is 4.99 Å². The van der Waals surface area contributed by atoms with E-state index in [1.807, 2.05) is 60.3 Å². The lowest BCUT2D eigenvalue weighted by Gasteiger charge is -2.12. The Hall–Kier alpha value is -2.13. The summed E-state index contributed by atoms with van der Waals surface area (Å²) in [7, 11) is 1.75. The average Bonchev–Trinajstić information content (AvgIpc) is 3.08. The Balaban J connectivity index is 0.00000261. The molecule has 27 heavy (non-hydrogen) atoms. The molecule has 0 spiro atoms. The number of nitrogens with one attached hydrogen (secondary N) is 2. The van der Waals surface area contributed by atoms with Crippen LogP contribution in [0.3, 0.4) is 0 Å². The minimum Gasteiger partial charge on any atom is -0.352 e. The van der Waals surface area contributed by atoms with Crippen molar-refractivity contribution in [3.05, 3.63) is 77.0 Å². The molecule has 1 aromatic carbocycles. The van der Waals surface area contributed by atoms with Gasteiger partial charge in [0.05, 0.1) is 0 Å². The van der Waals surface area contributed by atoms with Gasteiger partial charge in [-0.3, -0.25) is 9.56 Å². The first-order valence-electron chi connectivity index (χ1n) is 8.30. The molecule has 0 aliphatic rings. The van der Waals surface area contributed by atoms with E-state index in [9.17, 15) is 0 Å². The summed E-state index contributed by atoms with van der Waals surface area (Å²) in [5.41, 5.74) is 2.17. The van der Waals surface area contributed by atoms with E-state index >= 15 is 0 Å². The average molecular weight is 497 g/mol. The highest BCUT2D eigenvalue weighted by Crippen LogP contribution is 2.10. The first-order valence-corrected chi connectivity index (χ1v) is 8.68. The molecule has 0 amide bonds. The normalized spacial score (nSPS) is 11.0. The first kappa shape index (κ1) is 21.2. The fourth-order valence-corrected chi connectivity index (χ4v) is 2.74. The Kier molecular flexibility index (Phi) is 8.05. The molecule has 0 saturated carbocycles. The fourth-order valence-electron chi connectivity index (χ4n) is 2.52. The zero-order chi connectivity index (χ0) is 18.4. The van der Waals surface area contributed by atoms with E-state index in [2.05, 4.69) is 25.6 Å². The summed E-state index contributed by atoms with van der Waals surface area (Å²) < 4.78 is 1.95. The number of aromatic nitrogens is 3. The minimum absolute atomic E-state index is 0. The van der Waals surface area contributed by atoms with Crippen LogP contribution in [0.5, 0.6) is 0 Å². The maximum absolute atomic E-state index is 6.01. The van der Waals surface area contributed by atoms with Gasteiger partial charge in [0.2, 0.25) is 0 Å². The lowest BCUT2D eigenvalue weighted by atomic mass is 10.2. The van der Waals surface area contributed by atoms with Gasteiger partial charge in [0, 0.05) is 43.8 Å². The molecule has 0 bridgehead atoms. The highest BCUT2D eigenvalue weighted by Gasteiger charge is 2.03. The summed E-state index contributed by atoms with van der Waals surface area (Å²) in [5.74, 6) is 2.49. The van der Waals surface area contributed by atoms with Crippen molar-refractivity contribution in [1.29, 1.82) is 0 Å². The number of benzene rings is 1. The molecule has 8 heteroatoms. The highest BCUT2D eigenvalue weighted by atomic mass is 127. The number of halogens is 2. The molecule has 0 saturated heterocycles. The highest BCUT2D eigenvalue weighted by molar-refractivity contribution is 14.0. The van der Waals surface area contributed by atoms with Crippen LogP contribution in [-0.4, -0.2) is 27.5 Å². The molecule has 0 fully saturated rings. The lowest BCUT2D eigenvalue weighted by Crippen LogP contribution is -2.36. The zero-order valence-electron chi connectivity index (χ0n) is 15.2. The molecule has 0 aliphatic heterocycles. The Bertz CT molecular complexity index is 891. The second kappa shape index (κ2) is 10.3. The van der Waals surface area contributed by atoms with Crippen molar-refractivity contribution in [1.82, 2.24) is 25.2 Å². The number of hydrogen-bond acceptors (Lipinski definition) is 3. The second-order valence-electron chi connectivity index (χ2n) is 5.78. The number of hydrogen-bond donors (Lipinski definition) is 2. The van der Waals surface area contributed by atoms with E-state index in [1.165, 1.54) is 0 Å². The largest absolute Gasteiger partial charge is 0.352 e. The molecule has 3 aromatic rings. The minimum atomic E-state index is 0. The molecule has 2 heterocycles. The van der Waals surface area contributed by atoms with Crippen LogP contribution in [0, 0.1) is 6.92 Å². The molecular weight excluding hydrogens is 475 g/mol. The van der Waals surface area contributed by atoms with E-state index in [4.69, 9.17) is 11.6 Å². The van der Waals surface area contributed by atoms with Gasteiger partial charge in [-0.1, -0.05) is 29.8 Å². The van der Waals surface area contributed by atoms with Gasteiger partial charge in [0.15, 0.2) is 5.96 Å². The number of imidazole rings is 1. The third kappa shape index (κ3) is 5.93. The molecule has 142 valence electrons. The summed E-state index contributed by atoms with van der Waals surface area (Å²) >= 11 is 6.01. The fraction of sp³-hybridized carbons (Fsp3) is 0.211. The van der Waals surface area contributed by atoms with Gasteiger partial charge in [-0.25, -0.2) is 9.97 Å². The number of guanidine groups is 1. The predicted molar refractivity (Wildman–Crippen MR) is 120 cm³/mol. The number of aliphatic imine (C=N–C) groups is 1. The van der Waals surface area contributed by atoms with Gasteiger partial charge in [0.1, 0.15) is 11.6 Å². The molecular formula is C19H22ClIN6. The van der Waals surface area contributed by atoms with Gasteiger partial charge in [0.25, 0.3) is 0 Å². The van der Waals surface area contributed by atoms with Gasteiger partial charge in [-0.05, 0) is 36.2 Å². The molecule has 3 rings (SSSR count). The summed E-state index contributed by atoms with van der Waals surface area (Å²) in [6.45, 7) is 3.23. The summed E-state index contributed by atoms with van der Waals surface area (Å²) in [4.78, 5) is 13.0. The molecule has 0 atom stereocenters. The van der Waals surface area contributed by atoms with Crippen molar-refractivity contribution in [2.45, 2.75) is 20.0 Å².